The van der Waals surface area contributed by atoms with E-state index in [9.17, 15) is 9.59 Å². The second kappa shape index (κ2) is 12.1. The monoisotopic (exact) mass is 472 g/mol. The first kappa shape index (κ1) is 25.2. The fourth-order valence-corrected chi connectivity index (χ4v) is 3.89. The quantitative estimate of drug-likeness (QED) is 0.269. The fourth-order valence-electron chi connectivity index (χ4n) is 2.66. The van der Waals surface area contributed by atoms with Gasteiger partial charge in [-0.3, -0.25) is 14.7 Å². The zero-order valence-corrected chi connectivity index (χ0v) is 19.7. The second-order valence-corrected chi connectivity index (χ2v) is 8.04. The van der Waals surface area contributed by atoms with Crippen LogP contribution in [0.5, 0.6) is 5.75 Å². The highest BCUT2D eigenvalue weighted by atomic mass is 35.5. The van der Waals surface area contributed by atoms with Gasteiger partial charge < -0.3 is 9.84 Å². The number of amides is 1. The van der Waals surface area contributed by atoms with Crippen molar-refractivity contribution in [3.63, 3.8) is 0 Å². The lowest BCUT2D eigenvalue weighted by molar-refractivity contribution is -0.131. The lowest BCUT2D eigenvalue weighted by Gasteiger charge is -2.20. The van der Waals surface area contributed by atoms with Gasteiger partial charge in [0.25, 0.3) is 5.91 Å². The molecule has 0 bridgehead atoms. The molecule has 0 aromatic heterocycles. The number of aliphatic imine (C=N–C) groups is 1. The van der Waals surface area contributed by atoms with Crippen molar-refractivity contribution in [3.8, 4) is 5.75 Å². The van der Waals surface area contributed by atoms with Gasteiger partial charge in [0, 0.05) is 6.54 Å². The maximum Gasteiger partial charge on any atom is 0.331 e. The van der Waals surface area contributed by atoms with Gasteiger partial charge in [-0.15, -0.1) is 0 Å². The molecule has 0 unspecified atom stereocenters. The zero-order chi connectivity index (χ0) is 23.7. The highest BCUT2D eigenvalue weighted by Gasteiger charge is 2.35. The van der Waals surface area contributed by atoms with Crippen LogP contribution in [0.4, 0.5) is 0 Å². The Balaban J connectivity index is 2.40. The Bertz CT molecular complexity index is 1050. The molecule has 0 aliphatic carbocycles. The molecule has 1 aromatic carbocycles. The summed E-state index contributed by atoms with van der Waals surface area (Å²) < 4.78 is 5.23. The topological polar surface area (TPSA) is 79.2 Å². The van der Waals surface area contributed by atoms with E-state index in [4.69, 9.17) is 21.4 Å². The molecule has 1 amide bonds. The molecule has 1 aliphatic heterocycles. The lowest BCUT2D eigenvalue weighted by Crippen LogP contribution is -2.29. The zero-order valence-electron chi connectivity index (χ0n) is 18.2. The maximum absolute atomic E-state index is 13.3. The number of halogens is 1. The maximum atomic E-state index is 13.3. The molecule has 1 aliphatic rings. The molecule has 1 fully saturated rings. The summed E-state index contributed by atoms with van der Waals surface area (Å²) in [5.41, 5.74) is 2.36. The van der Waals surface area contributed by atoms with E-state index in [2.05, 4.69) is 11.6 Å². The number of rotatable bonds is 9. The van der Waals surface area contributed by atoms with Crippen LogP contribution in [0.3, 0.4) is 0 Å². The molecule has 1 saturated heterocycles. The molecule has 0 atom stereocenters. The van der Waals surface area contributed by atoms with Gasteiger partial charge in [0.15, 0.2) is 5.17 Å². The number of benzene rings is 1. The predicted octanol–water partition coefficient (Wildman–Crippen LogP) is 6.04. The van der Waals surface area contributed by atoms with Crippen LogP contribution in [0.15, 0.2) is 76.5 Å². The summed E-state index contributed by atoms with van der Waals surface area (Å²) in [5.74, 6) is -0.995. The third-order valence-electron chi connectivity index (χ3n) is 4.29. The molecule has 32 heavy (non-hydrogen) atoms. The smallest absolute Gasteiger partial charge is 0.331 e. The van der Waals surface area contributed by atoms with Crippen molar-refractivity contribution in [2.45, 2.75) is 27.2 Å². The molecular weight excluding hydrogens is 448 g/mol. The van der Waals surface area contributed by atoms with Crippen LogP contribution in [-0.2, 0) is 9.59 Å². The minimum atomic E-state index is -1.12. The van der Waals surface area contributed by atoms with Gasteiger partial charge >= 0.3 is 5.97 Å². The Morgan fingerprint density at radius 1 is 1.41 bits per heavy atom. The minimum absolute atomic E-state index is 0.181. The Kier molecular flexibility index (Phi) is 9.56. The van der Waals surface area contributed by atoms with Gasteiger partial charge in [-0.05, 0) is 67.5 Å². The van der Waals surface area contributed by atoms with Crippen LogP contribution in [0.2, 0.25) is 5.02 Å². The number of hydrogen-bond acceptors (Lipinski definition) is 5. The Labute approximate surface area is 197 Å². The Hall–Kier alpha value is -3.03. The first-order chi connectivity index (χ1) is 15.3. The standard InChI is InChI=1S/C24H25ClN2O4S/c1-5-8-19(16(4)7-3)27-23(30)21(32-24(27)26-12-6-2)15-17-9-10-20(18(25)14-17)31-13-11-22(28)29/h5,7-11,13-15H,1,6,12H2,2-4H3,(H,28,29)/b13-11-,16-7-,19-8+,21-15-,26-24+. The van der Waals surface area contributed by atoms with Crippen LogP contribution in [-0.4, -0.2) is 33.6 Å². The summed E-state index contributed by atoms with van der Waals surface area (Å²) in [4.78, 5) is 30.6. The first-order valence-electron chi connectivity index (χ1n) is 9.92. The third kappa shape index (κ3) is 6.48. The number of carboxylic acid groups (broad SMARTS) is 1. The van der Waals surface area contributed by atoms with E-state index in [0.29, 0.717) is 33.0 Å². The van der Waals surface area contributed by atoms with Crippen molar-refractivity contribution in [1.82, 2.24) is 4.90 Å². The van der Waals surface area contributed by atoms with Crippen LogP contribution in [0.1, 0.15) is 32.8 Å². The minimum Gasteiger partial charge on any atom is -0.478 e. The van der Waals surface area contributed by atoms with Crippen LogP contribution >= 0.6 is 23.4 Å². The van der Waals surface area contributed by atoms with E-state index >= 15 is 0 Å². The summed E-state index contributed by atoms with van der Waals surface area (Å²) in [6, 6.07) is 5.00. The van der Waals surface area contributed by atoms with Gasteiger partial charge in [0.1, 0.15) is 5.75 Å². The molecule has 0 radical (unpaired) electrons. The van der Waals surface area contributed by atoms with Crippen LogP contribution in [0.25, 0.3) is 6.08 Å². The molecule has 1 heterocycles. The van der Waals surface area contributed by atoms with Crippen molar-refractivity contribution in [2.75, 3.05) is 6.54 Å². The van der Waals surface area contributed by atoms with Gasteiger partial charge in [-0.2, -0.15) is 0 Å². The van der Waals surface area contributed by atoms with E-state index in [-0.39, 0.29) is 5.91 Å². The number of ether oxygens (including phenoxy) is 1. The number of aliphatic carboxylic acids is 1. The highest BCUT2D eigenvalue weighted by molar-refractivity contribution is 8.18. The number of allylic oxidation sites excluding steroid dienone is 4. The van der Waals surface area contributed by atoms with Crippen LogP contribution in [0, 0.1) is 0 Å². The molecule has 1 N–H and O–H groups in total. The number of carbonyl (C=O) groups excluding carboxylic acids is 1. The summed E-state index contributed by atoms with van der Waals surface area (Å²) in [7, 11) is 0. The number of thioether (sulfide) groups is 1. The largest absolute Gasteiger partial charge is 0.478 e. The SMILES string of the molecule is C=C/C=C(\C(C)=C/C)N1C(=O)/C(=C/c2ccc(O/C=C\C(=O)O)c(Cl)c2)S/C1=N/CCC. The van der Waals surface area contributed by atoms with Crippen LogP contribution < -0.4 is 4.74 Å². The summed E-state index contributed by atoms with van der Waals surface area (Å²) >= 11 is 7.56. The summed E-state index contributed by atoms with van der Waals surface area (Å²) in [6.07, 6.45) is 9.90. The number of hydrogen-bond donors (Lipinski definition) is 1. The Morgan fingerprint density at radius 3 is 2.75 bits per heavy atom. The van der Waals surface area contributed by atoms with Crippen molar-refractivity contribution < 1.29 is 19.4 Å². The third-order valence-corrected chi connectivity index (χ3v) is 5.59. The van der Waals surface area contributed by atoms with Gasteiger partial charge in [0.2, 0.25) is 0 Å². The van der Waals surface area contributed by atoms with Crippen molar-refractivity contribution in [3.05, 3.63) is 82.1 Å². The van der Waals surface area contributed by atoms with E-state index in [1.165, 1.54) is 11.8 Å². The molecule has 168 valence electrons. The number of amidine groups is 1. The number of carboxylic acids is 1. The lowest BCUT2D eigenvalue weighted by atomic mass is 10.1. The van der Waals surface area contributed by atoms with Gasteiger partial charge in [0.05, 0.1) is 28.0 Å². The molecule has 0 spiro atoms. The molecule has 2 rings (SSSR count). The van der Waals surface area contributed by atoms with Crippen molar-refractivity contribution >= 4 is 46.5 Å². The van der Waals surface area contributed by atoms with E-state index < -0.39 is 5.97 Å². The van der Waals surface area contributed by atoms with Crippen molar-refractivity contribution in [1.29, 1.82) is 0 Å². The summed E-state index contributed by atoms with van der Waals surface area (Å²) in [6.45, 7) is 10.3. The van der Waals surface area contributed by atoms with Crippen molar-refractivity contribution in [2.24, 2.45) is 4.99 Å². The molecule has 6 nitrogen and oxygen atoms in total. The van der Waals surface area contributed by atoms with E-state index in [1.807, 2.05) is 26.8 Å². The predicted molar refractivity (Wildman–Crippen MR) is 132 cm³/mol. The number of nitrogens with zero attached hydrogens (tertiary/aromatic N) is 2. The molecule has 8 heteroatoms. The van der Waals surface area contributed by atoms with Gasteiger partial charge in [-0.1, -0.05) is 43.3 Å². The normalized spacial score (nSPS) is 17.6. The first-order valence-corrected chi connectivity index (χ1v) is 11.1. The summed E-state index contributed by atoms with van der Waals surface area (Å²) in [5, 5.41) is 9.54. The number of carbonyl (C=O) groups is 2. The molecule has 0 saturated carbocycles. The van der Waals surface area contributed by atoms with Gasteiger partial charge in [-0.25, -0.2) is 4.79 Å². The second-order valence-electron chi connectivity index (χ2n) is 6.62. The van der Waals surface area contributed by atoms with E-state index in [1.54, 1.807) is 41.3 Å². The fraction of sp³-hybridized carbons (Fsp3) is 0.208. The average Bonchev–Trinajstić information content (AvgIpc) is 3.06. The Morgan fingerprint density at radius 2 is 2.16 bits per heavy atom. The molecular formula is C24H25ClN2O4S. The molecule has 1 aromatic rings. The average molecular weight is 473 g/mol. The van der Waals surface area contributed by atoms with E-state index in [0.717, 1.165) is 30.0 Å². The highest BCUT2D eigenvalue weighted by Crippen LogP contribution is 2.37.